The number of esters is 3. The number of hydrogen-bond acceptors (Lipinski definition) is 9. The molecule has 1 aliphatic heterocycles. The summed E-state index contributed by atoms with van der Waals surface area (Å²) in [6, 6.07) is 0. The number of nitrogens with one attached hydrogen (secondary N) is 1. The van der Waals surface area contributed by atoms with E-state index in [1.807, 2.05) is 0 Å². The third-order valence-electron chi connectivity index (χ3n) is 3.22. The van der Waals surface area contributed by atoms with Crippen LogP contribution >= 0.6 is 0 Å². The molecule has 4 atom stereocenters. The molecule has 146 valence electrons. The molecule has 0 aromatic heterocycles. The maximum atomic E-state index is 11.8. The van der Waals surface area contributed by atoms with E-state index < -0.39 is 60.7 Å². The van der Waals surface area contributed by atoms with Gasteiger partial charge in [0.15, 0.2) is 24.5 Å². The van der Waals surface area contributed by atoms with Crippen molar-refractivity contribution in [1.29, 1.82) is 0 Å². The molecule has 11 nitrogen and oxygen atoms in total. The van der Waals surface area contributed by atoms with Crippen LogP contribution in [0.5, 0.6) is 0 Å². The van der Waals surface area contributed by atoms with Crippen LogP contribution in [0.3, 0.4) is 0 Å². The summed E-state index contributed by atoms with van der Waals surface area (Å²) in [5.41, 5.74) is 0. The number of ether oxygens (including phenoxy) is 4. The number of aliphatic carboxylic acids is 1. The minimum Gasteiger partial charge on any atom is -0.481 e. The van der Waals surface area contributed by atoms with Crippen LogP contribution < -0.4 is 5.32 Å². The van der Waals surface area contributed by atoms with Gasteiger partial charge in [-0.05, 0) is 0 Å². The highest BCUT2D eigenvalue weighted by atomic mass is 16.6. The van der Waals surface area contributed by atoms with Gasteiger partial charge in [0.1, 0.15) is 0 Å². The molecule has 0 aliphatic carbocycles. The highest BCUT2D eigenvalue weighted by Gasteiger charge is 2.47. The second kappa shape index (κ2) is 9.70. The second-order valence-electron chi connectivity index (χ2n) is 5.51. The van der Waals surface area contributed by atoms with E-state index in [0.717, 1.165) is 20.8 Å². The SMILES string of the molecule is CC(=O)O[C@@H]1[C@@H](OC(C)=O)[C@H](OC(C)=O)CO[C@H]1NC(=O)CCC(=O)O. The van der Waals surface area contributed by atoms with Crippen LogP contribution in [0.4, 0.5) is 0 Å². The molecule has 11 heteroatoms. The molecule has 0 unspecified atom stereocenters. The molecular weight excluding hydrogens is 354 g/mol. The summed E-state index contributed by atoms with van der Waals surface area (Å²) in [6.07, 6.45) is -5.49. The molecule has 0 saturated carbocycles. The summed E-state index contributed by atoms with van der Waals surface area (Å²) in [4.78, 5) is 56.4. The van der Waals surface area contributed by atoms with Crippen molar-refractivity contribution in [2.45, 2.75) is 58.2 Å². The molecule has 1 heterocycles. The highest BCUT2D eigenvalue weighted by molar-refractivity contribution is 5.80. The Hall–Kier alpha value is -2.69. The first-order valence-corrected chi connectivity index (χ1v) is 7.74. The molecular formula is C15H21NO10. The van der Waals surface area contributed by atoms with E-state index in [4.69, 9.17) is 24.1 Å². The van der Waals surface area contributed by atoms with Gasteiger partial charge in [0.05, 0.1) is 13.0 Å². The van der Waals surface area contributed by atoms with Crippen molar-refractivity contribution in [1.82, 2.24) is 5.32 Å². The van der Waals surface area contributed by atoms with Gasteiger partial charge in [0.2, 0.25) is 5.91 Å². The molecule has 0 bridgehead atoms. The van der Waals surface area contributed by atoms with Gasteiger partial charge in [-0.15, -0.1) is 0 Å². The van der Waals surface area contributed by atoms with Crippen molar-refractivity contribution in [3.63, 3.8) is 0 Å². The van der Waals surface area contributed by atoms with E-state index in [-0.39, 0.29) is 13.0 Å². The monoisotopic (exact) mass is 375 g/mol. The predicted molar refractivity (Wildman–Crippen MR) is 81.4 cm³/mol. The molecule has 1 rings (SSSR count). The van der Waals surface area contributed by atoms with Crippen LogP contribution in [0.25, 0.3) is 0 Å². The number of carboxylic acid groups (broad SMARTS) is 1. The van der Waals surface area contributed by atoms with Gasteiger partial charge in [-0.3, -0.25) is 24.0 Å². The first-order chi connectivity index (χ1) is 12.1. The van der Waals surface area contributed by atoms with Crippen LogP contribution in [-0.2, 0) is 42.9 Å². The lowest BCUT2D eigenvalue weighted by atomic mass is 10.0. The van der Waals surface area contributed by atoms with E-state index in [1.165, 1.54) is 0 Å². The second-order valence-corrected chi connectivity index (χ2v) is 5.51. The Morgan fingerprint density at radius 2 is 1.46 bits per heavy atom. The molecule has 1 aliphatic rings. The first-order valence-electron chi connectivity index (χ1n) is 7.74. The number of rotatable bonds is 7. The molecule has 1 amide bonds. The summed E-state index contributed by atoms with van der Waals surface area (Å²) in [5, 5.41) is 11.0. The minimum atomic E-state index is -1.29. The van der Waals surface area contributed by atoms with Crippen molar-refractivity contribution in [3.05, 3.63) is 0 Å². The van der Waals surface area contributed by atoms with Crippen LogP contribution in [0.15, 0.2) is 0 Å². The van der Waals surface area contributed by atoms with E-state index in [1.54, 1.807) is 0 Å². The van der Waals surface area contributed by atoms with Gasteiger partial charge in [-0.1, -0.05) is 0 Å². The van der Waals surface area contributed by atoms with E-state index in [9.17, 15) is 24.0 Å². The van der Waals surface area contributed by atoms with Crippen LogP contribution in [-0.4, -0.2) is 66.0 Å². The zero-order valence-corrected chi connectivity index (χ0v) is 14.6. The Morgan fingerprint density at radius 3 is 1.96 bits per heavy atom. The van der Waals surface area contributed by atoms with Crippen molar-refractivity contribution in [2.75, 3.05) is 6.61 Å². The number of amides is 1. The van der Waals surface area contributed by atoms with Crippen LogP contribution in [0.1, 0.15) is 33.6 Å². The lowest BCUT2D eigenvalue weighted by Crippen LogP contribution is -2.62. The Kier molecular flexibility index (Phi) is 7.97. The maximum Gasteiger partial charge on any atom is 0.303 e. The topological polar surface area (TPSA) is 155 Å². The summed E-state index contributed by atoms with van der Waals surface area (Å²) in [7, 11) is 0. The fourth-order valence-corrected chi connectivity index (χ4v) is 2.32. The molecule has 26 heavy (non-hydrogen) atoms. The number of hydrogen-bond donors (Lipinski definition) is 2. The van der Waals surface area contributed by atoms with E-state index in [0.29, 0.717) is 0 Å². The van der Waals surface area contributed by atoms with Crippen molar-refractivity contribution in [2.24, 2.45) is 0 Å². The third-order valence-corrected chi connectivity index (χ3v) is 3.22. The van der Waals surface area contributed by atoms with Crippen molar-refractivity contribution in [3.8, 4) is 0 Å². The molecule has 1 fully saturated rings. The molecule has 0 spiro atoms. The van der Waals surface area contributed by atoms with Gasteiger partial charge in [-0.25, -0.2) is 0 Å². The van der Waals surface area contributed by atoms with Crippen molar-refractivity contribution >= 4 is 29.8 Å². The first kappa shape index (κ1) is 21.4. The lowest BCUT2D eigenvalue weighted by molar-refractivity contribution is -0.230. The van der Waals surface area contributed by atoms with Gasteiger partial charge < -0.3 is 29.4 Å². The number of carboxylic acids is 1. The average molecular weight is 375 g/mol. The zero-order chi connectivity index (χ0) is 19.9. The normalized spacial score (nSPS) is 24.9. The van der Waals surface area contributed by atoms with Gasteiger partial charge in [-0.2, -0.15) is 0 Å². The fourth-order valence-electron chi connectivity index (χ4n) is 2.32. The van der Waals surface area contributed by atoms with E-state index >= 15 is 0 Å². The Balaban J connectivity index is 2.96. The summed E-state index contributed by atoms with van der Waals surface area (Å²) in [5.74, 6) is -3.96. The molecule has 0 aromatic rings. The largest absolute Gasteiger partial charge is 0.481 e. The zero-order valence-electron chi connectivity index (χ0n) is 14.6. The van der Waals surface area contributed by atoms with Crippen molar-refractivity contribution < 1.29 is 48.0 Å². The minimum absolute atomic E-state index is 0.237. The Morgan fingerprint density at radius 1 is 0.923 bits per heavy atom. The van der Waals surface area contributed by atoms with E-state index in [2.05, 4.69) is 5.32 Å². The predicted octanol–water partition coefficient (Wildman–Crippen LogP) is -0.881. The van der Waals surface area contributed by atoms with Crippen LogP contribution in [0, 0.1) is 0 Å². The lowest BCUT2D eigenvalue weighted by Gasteiger charge is -2.40. The molecule has 1 saturated heterocycles. The Bertz CT molecular complexity index is 575. The number of carbonyl (C=O) groups is 5. The molecule has 2 N–H and O–H groups in total. The average Bonchev–Trinajstić information content (AvgIpc) is 2.49. The quantitative estimate of drug-likeness (QED) is 0.423. The third kappa shape index (κ3) is 7.05. The molecule has 0 aromatic carbocycles. The standard InChI is InChI=1S/C15H21NO10/c1-7(17)24-10-6-23-15(16-11(20)4-5-12(21)22)14(26-9(3)19)13(10)25-8(2)18/h10,13-15H,4-6H2,1-3H3,(H,16,20)(H,21,22)/t10-,13+,14-,15-/m1/s1. The summed E-state index contributed by atoms with van der Waals surface area (Å²) >= 11 is 0. The summed E-state index contributed by atoms with van der Waals surface area (Å²) < 4.78 is 20.6. The van der Waals surface area contributed by atoms with Gasteiger partial charge in [0.25, 0.3) is 0 Å². The van der Waals surface area contributed by atoms with Gasteiger partial charge >= 0.3 is 23.9 Å². The maximum absolute atomic E-state index is 11.8. The van der Waals surface area contributed by atoms with Gasteiger partial charge in [0, 0.05) is 27.2 Å². The molecule has 0 radical (unpaired) electrons. The number of carbonyl (C=O) groups excluding carboxylic acids is 4. The van der Waals surface area contributed by atoms with Crippen LogP contribution in [0.2, 0.25) is 0 Å². The smallest absolute Gasteiger partial charge is 0.303 e. The fraction of sp³-hybridized carbons (Fsp3) is 0.667. The Labute approximate surface area is 148 Å². The highest BCUT2D eigenvalue weighted by Crippen LogP contribution is 2.23. The summed E-state index contributed by atoms with van der Waals surface area (Å²) in [6.45, 7) is 3.12.